The van der Waals surface area contributed by atoms with Crippen LogP contribution in [0.1, 0.15) is 36.7 Å². The van der Waals surface area contributed by atoms with Gasteiger partial charge in [-0.1, -0.05) is 12.1 Å². The van der Waals surface area contributed by atoms with Crippen LogP contribution in [-0.2, 0) is 16.1 Å². The zero-order chi connectivity index (χ0) is 14.5. The zero-order valence-corrected chi connectivity index (χ0v) is 12.8. The lowest BCUT2D eigenvalue weighted by atomic mass is 10.1. The molecule has 0 aliphatic heterocycles. The molecule has 3 N–H and O–H groups in total. The molecule has 112 valence electrons. The fraction of sp³-hybridized carbons (Fsp3) is 0.429. The molecular weight excluding hydrogens is 280 g/mol. The Labute approximate surface area is 125 Å². The minimum Gasteiger partial charge on any atom is -0.462 e. The van der Waals surface area contributed by atoms with Crippen LogP contribution in [0.3, 0.4) is 0 Å². The van der Waals surface area contributed by atoms with E-state index >= 15 is 0 Å². The first-order valence-corrected chi connectivity index (χ1v) is 6.18. The number of esters is 1. The molecular formula is C14H21ClN2O3. The standard InChI is InChI=1S/C14H20N2O3.ClH/c1-4-19-12(17)11-7-5-10(6-8-11)9-16-13(18)14(2,3)15;/h5-8H,4,9,15H2,1-3H3,(H,16,18);1H. The molecule has 0 aliphatic carbocycles. The SMILES string of the molecule is CCOC(=O)c1ccc(CNC(=O)C(C)(C)N)cc1.Cl. The zero-order valence-electron chi connectivity index (χ0n) is 11.9. The van der Waals surface area contributed by atoms with E-state index in [1.165, 1.54) is 0 Å². The van der Waals surface area contributed by atoms with Crippen LogP contribution >= 0.6 is 12.4 Å². The molecule has 0 heterocycles. The summed E-state index contributed by atoms with van der Waals surface area (Å²) in [7, 11) is 0. The van der Waals surface area contributed by atoms with E-state index < -0.39 is 5.54 Å². The van der Waals surface area contributed by atoms with Crippen molar-refractivity contribution in [3.05, 3.63) is 35.4 Å². The summed E-state index contributed by atoms with van der Waals surface area (Å²) in [5.74, 6) is -0.567. The normalized spacial score (nSPS) is 10.4. The molecule has 1 aromatic carbocycles. The van der Waals surface area contributed by atoms with Gasteiger partial charge in [-0.05, 0) is 38.5 Å². The Kier molecular flexibility index (Phi) is 7.24. The number of amides is 1. The molecule has 6 heteroatoms. The van der Waals surface area contributed by atoms with E-state index in [-0.39, 0.29) is 24.3 Å². The monoisotopic (exact) mass is 300 g/mol. The highest BCUT2D eigenvalue weighted by Crippen LogP contribution is 2.06. The average molecular weight is 301 g/mol. The van der Waals surface area contributed by atoms with Crippen molar-refractivity contribution in [3.8, 4) is 0 Å². The quantitative estimate of drug-likeness (QED) is 0.810. The Morgan fingerprint density at radius 3 is 2.25 bits per heavy atom. The van der Waals surface area contributed by atoms with Crippen LogP contribution in [0.25, 0.3) is 0 Å². The minimum atomic E-state index is -0.898. The molecule has 0 aromatic heterocycles. The smallest absolute Gasteiger partial charge is 0.338 e. The van der Waals surface area contributed by atoms with Crippen LogP contribution in [0.2, 0.25) is 0 Å². The lowest BCUT2D eigenvalue weighted by molar-refractivity contribution is -0.125. The second-order valence-corrected chi connectivity index (χ2v) is 4.82. The molecule has 0 radical (unpaired) electrons. The highest BCUT2D eigenvalue weighted by molar-refractivity contribution is 5.89. The van der Waals surface area contributed by atoms with Crippen LogP contribution in [0, 0.1) is 0 Å². The molecule has 5 nitrogen and oxygen atoms in total. The molecule has 0 aliphatic rings. The molecule has 0 spiro atoms. The lowest BCUT2D eigenvalue weighted by Gasteiger charge is -2.17. The number of rotatable bonds is 5. The molecule has 20 heavy (non-hydrogen) atoms. The lowest BCUT2D eigenvalue weighted by Crippen LogP contribution is -2.48. The number of halogens is 1. The van der Waals surface area contributed by atoms with Crippen molar-refractivity contribution in [3.63, 3.8) is 0 Å². The minimum absolute atomic E-state index is 0. The summed E-state index contributed by atoms with van der Waals surface area (Å²) in [4.78, 5) is 23.0. The van der Waals surface area contributed by atoms with E-state index in [2.05, 4.69) is 5.32 Å². The maximum absolute atomic E-state index is 11.6. The fourth-order valence-corrected chi connectivity index (χ4v) is 1.38. The third-order valence-corrected chi connectivity index (χ3v) is 2.50. The Balaban J connectivity index is 0.00000361. The summed E-state index contributed by atoms with van der Waals surface area (Å²) >= 11 is 0. The number of benzene rings is 1. The highest BCUT2D eigenvalue weighted by Gasteiger charge is 2.21. The second kappa shape index (κ2) is 7.87. The molecule has 0 atom stereocenters. The molecule has 1 amide bonds. The maximum Gasteiger partial charge on any atom is 0.338 e. The summed E-state index contributed by atoms with van der Waals surface area (Å²) in [5.41, 5.74) is 6.16. The highest BCUT2D eigenvalue weighted by atomic mass is 35.5. The summed E-state index contributed by atoms with van der Waals surface area (Å²) in [5, 5.41) is 2.73. The number of hydrogen-bond donors (Lipinski definition) is 2. The van der Waals surface area contributed by atoms with E-state index in [9.17, 15) is 9.59 Å². The van der Waals surface area contributed by atoms with Gasteiger partial charge in [0.25, 0.3) is 0 Å². The molecule has 0 saturated heterocycles. The van der Waals surface area contributed by atoms with Gasteiger partial charge in [0, 0.05) is 6.54 Å². The van der Waals surface area contributed by atoms with Crippen LogP contribution in [0.4, 0.5) is 0 Å². The van der Waals surface area contributed by atoms with E-state index in [0.717, 1.165) is 5.56 Å². The first kappa shape index (κ1) is 18.4. The largest absolute Gasteiger partial charge is 0.462 e. The Morgan fingerprint density at radius 1 is 1.25 bits per heavy atom. The van der Waals surface area contributed by atoms with Crippen LogP contribution in [0.15, 0.2) is 24.3 Å². The Hall–Kier alpha value is -1.59. The van der Waals surface area contributed by atoms with Gasteiger partial charge in [-0.25, -0.2) is 4.79 Å². The van der Waals surface area contributed by atoms with E-state index in [1.807, 2.05) is 0 Å². The van der Waals surface area contributed by atoms with Crippen LogP contribution in [-0.4, -0.2) is 24.0 Å². The number of hydrogen-bond acceptors (Lipinski definition) is 4. The molecule has 1 aromatic rings. The summed E-state index contributed by atoms with van der Waals surface area (Å²) in [6.45, 7) is 5.78. The van der Waals surface area contributed by atoms with Gasteiger partial charge in [0.1, 0.15) is 0 Å². The number of nitrogens with one attached hydrogen (secondary N) is 1. The molecule has 0 bridgehead atoms. The van der Waals surface area contributed by atoms with Gasteiger partial charge in [-0.3, -0.25) is 4.79 Å². The van der Waals surface area contributed by atoms with Crippen molar-refractivity contribution < 1.29 is 14.3 Å². The van der Waals surface area contributed by atoms with Gasteiger partial charge in [0.05, 0.1) is 17.7 Å². The number of nitrogens with two attached hydrogens (primary N) is 1. The predicted octanol–water partition coefficient (Wildman–Crippen LogP) is 1.64. The van der Waals surface area contributed by atoms with E-state index in [0.29, 0.717) is 18.7 Å². The van der Waals surface area contributed by atoms with Crippen LogP contribution in [0.5, 0.6) is 0 Å². The second-order valence-electron chi connectivity index (χ2n) is 4.82. The molecule has 0 unspecified atom stereocenters. The predicted molar refractivity (Wildman–Crippen MR) is 79.8 cm³/mol. The Morgan fingerprint density at radius 2 is 1.80 bits per heavy atom. The summed E-state index contributed by atoms with van der Waals surface area (Å²) < 4.78 is 4.89. The van der Waals surface area contributed by atoms with Gasteiger partial charge in [-0.2, -0.15) is 0 Å². The van der Waals surface area contributed by atoms with Crippen molar-refractivity contribution in [2.45, 2.75) is 32.9 Å². The molecule has 0 fully saturated rings. The maximum atomic E-state index is 11.6. The van der Waals surface area contributed by atoms with Crippen LogP contribution < -0.4 is 11.1 Å². The number of ether oxygens (including phenoxy) is 1. The number of carbonyl (C=O) groups excluding carboxylic acids is 2. The Bertz CT molecular complexity index is 452. The fourth-order valence-electron chi connectivity index (χ4n) is 1.38. The van der Waals surface area contributed by atoms with Gasteiger partial charge in [0.15, 0.2) is 0 Å². The van der Waals surface area contributed by atoms with E-state index in [4.69, 9.17) is 10.5 Å². The topological polar surface area (TPSA) is 81.4 Å². The summed E-state index contributed by atoms with van der Waals surface area (Å²) in [6.07, 6.45) is 0. The van der Waals surface area contributed by atoms with Gasteiger partial charge < -0.3 is 15.8 Å². The van der Waals surface area contributed by atoms with Crippen molar-refractivity contribution in [2.24, 2.45) is 5.73 Å². The summed E-state index contributed by atoms with van der Waals surface area (Å²) in [6, 6.07) is 6.90. The van der Waals surface area contributed by atoms with E-state index in [1.54, 1.807) is 45.0 Å². The van der Waals surface area contributed by atoms with Crippen molar-refractivity contribution >= 4 is 24.3 Å². The molecule has 0 saturated carbocycles. The van der Waals surface area contributed by atoms with Crippen molar-refractivity contribution in [1.82, 2.24) is 5.32 Å². The van der Waals surface area contributed by atoms with Gasteiger partial charge >= 0.3 is 5.97 Å². The van der Waals surface area contributed by atoms with Crippen molar-refractivity contribution in [2.75, 3.05) is 6.61 Å². The third-order valence-electron chi connectivity index (χ3n) is 2.50. The van der Waals surface area contributed by atoms with Crippen molar-refractivity contribution in [1.29, 1.82) is 0 Å². The molecule has 1 rings (SSSR count). The number of carbonyl (C=O) groups is 2. The first-order chi connectivity index (χ1) is 8.84. The first-order valence-electron chi connectivity index (χ1n) is 6.18. The average Bonchev–Trinajstić information content (AvgIpc) is 2.35. The van der Waals surface area contributed by atoms with Gasteiger partial charge in [-0.15, -0.1) is 12.4 Å². The van der Waals surface area contributed by atoms with Gasteiger partial charge in [0.2, 0.25) is 5.91 Å². The third kappa shape index (κ3) is 5.59.